The number of nitrogens with zero attached hydrogens (tertiary/aromatic N) is 5. The van der Waals surface area contributed by atoms with E-state index in [1.165, 1.54) is 0 Å². The molecule has 0 fully saturated rings. The molecule has 0 unspecified atom stereocenters. The van der Waals surface area contributed by atoms with Crippen molar-refractivity contribution >= 4 is 28.6 Å². The van der Waals surface area contributed by atoms with E-state index in [-0.39, 0.29) is 0 Å². The highest BCUT2D eigenvalue weighted by molar-refractivity contribution is 5.85. The van der Waals surface area contributed by atoms with Gasteiger partial charge in [-0.05, 0) is 6.92 Å². The summed E-state index contributed by atoms with van der Waals surface area (Å²) in [6.45, 7) is 2.74. The molecule has 0 spiro atoms. The van der Waals surface area contributed by atoms with Crippen LogP contribution >= 0.6 is 0 Å². The summed E-state index contributed by atoms with van der Waals surface area (Å²) in [5.41, 5.74) is 2.25. The van der Waals surface area contributed by atoms with Crippen LogP contribution in [0, 0.1) is 0 Å². The molecule has 0 atom stereocenters. The monoisotopic (exact) mass is 258 g/mol. The van der Waals surface area contributed by atoms with E-state index < -0.39 is 0 Å². The van der Waals surface area contributed by atoms with Gasteiger partial charge in [-0.15, -0.1) is 0 Å². The SMILES string of the molecule is CCNc1nc(Nc2cnn(C)c2)c2[nH]cnc2n1. The van der Waals surface area contributed by atoms with Crippen LogP contribution in [0.15, 0.2) is 18.7 Å². The van der Waals surface area contributed by atoms with Crippen LogP contribution in [0.4, 0.5) is 17.5 Å². The number of aromatic amines is 1. The number of imidazole rings is 1. The number of fused-ring (bicyclic) bond motifs is 1. The summed E-state index contributed by atoms with van der Waals surface area (Å²) in [5.74, 6) is 1.22. The Bertz CT molecular complexity index is 698. The maximum absolute atomic E-state index is 4.43. The summed E-state index contributed by atoms with van der Waals surface area (Å²) < 4.78 is 1.72. The molecule has 8 nitrogen and oxygen atoms in total. The average Bonchev–Trinajstić information content (AvgIpc) is 2.99. The summed E-state index contributed by atoms with van der Waals surface area (Å²) >= 11 is 0. The number of rotatable bonds is 4. The highest BCUT2D eigenvalue weighted by atomic mass is 15.3. The molecule has 0 saturated heterocycles. The fraction of sp³-hybridized carbons (Fsp3) is 0.273. The van der Waals surface area contributed by atoms with Crippen molar-refractivity contribution in [1.29, 1.82) is 0 Å². The molecule has 0 aromatic carbocycles. The Kier molecular flexibility index (Phi) is 2.75. The molecule has 0 aliphatic carbocycles. The van der Waals surface area contributed by atoms with E-state index in [1.807, 2.05) is 20.2 Å². The van der Waals surface area contributed by atoms with E-state index in [4.69, 9.17) is 0 Å². The van der Waals surface area contributed by atoms with Crippen LogP contribution in [-0.4, -0.2) is 36.3 Å². The Morgan fingerprint density at radius 2 is 2.26 bits per heavy atom. The second kappa shape index (κ2) is 4.56. The fourth-order valence-electron chi connectivity index (χ4n) is 1.78. The first-order chi connectivity index (χ1) is 9.26. The second-order valence-corrected chi connectivity index (χ2v) is 4.05. The number of aryl methyl sites for hydroxylation is 1. The van der Waals surface area contributed by atoms with Gasteiger partial charge >= 0.3 is 0 Å². The Balaban J connectivity index is 2.02. The van der Waals surface area contributed by atoms with E-state index in [0.717, 1.165) is 17.7 Å². The molecular formula is C11H14N8. The molecule has 0 aliphatic rings. The highest BCUT2D eigenvalue weighted by Crippen LogP contribution is 2.22. The molecule has 3 aromatic heterocycles. The zero-order valence-electron chi connectivity index (χ0n) is 10.7. The molecule has 0 amide bonds. The molecule has 3 aromatic rings. The molecule has 0 bridgehead atoms. The van der Waals surface area contributed by atoms with Gasteiger partial charge in [0.2, 0.25) is 5.95 Å². The van der Waals surface area contributed by atoms with Crippen molar-refractivity contribution in [2.24, 2.45) is 7.05 Å². The van der Waals surface area contributed by atoms with Gasteiger partial charge in [-0.25, -0.2) is 4.98 Å². The third-order valence-corrected chi connectivity index (χ3v) is 2.59. The molecule has 3 heterocycles. The van der Waals surface area contributed by atoms with E-state index >= 15 is 0 Å². The zero-order chi connectivity index (χ0) is 13.2. The minimum Gasteiger partial charge on any atom is -0.354 e. The van der Waals surface area contributed by atoms with Crippen molar-refractivity contribution in [2.75, 3.05) is 17.2 Å². The third-order valence-electron chi connectivity index (χ3n) is 2.59. The molecule has 98 valence electrons. The highest BCUT2D eigenvalue weighted by Gasteiger charge is 2.10. The largest absolute Gasteiger partial charge is 0.354 e. The van der Waals surface area contributed by atoms with E-state index in [0.29, 0.717) is 17.4 Å². The van der Waals surface area contributed by atoms with Gasteiger partial charge in [0, 0.05) is 19.8 Å². The minimum atomic E-state index is 0.550. The minimum absolute atomic E-state index is 0.550. The number of anilines is 3. The lowest BCUT2D eigenvalue weighted by Crippen LogP contribution is -2.05. The predicted octanol–water partition coefficient (Wildman–Crippen LogP) is 1.26. The summed E-state index contributed by atoms with van der Waals surface area (Å²) in [5, 5.41) is 10.4. The average molecular weight is 258 g/mol. The van der Waals surface area contributed by atoms with Crippen LogP contribution in [0.5, 0.6) is 0 Å². The van der Waals surface area contributed by atoms with Gasteiger partial charge in [0.15, 0.2) is 11.5 Å². The van der Waals surface area contributed by atoms with E-state index in [1.54, 1.807) is 17.2 Å². The van der Waals surface area contributed by atoms with Gasteiger partial charge in [-0.2, -0.15) is 15.1 Å². The standard InChI is InChI=1S/C11H14N8/c1-3-12-11-17-9-8(13-6-14-9)10(18-11)16-7-4-15-19(2)5-7/h4-6H,3H2,1-2H3,(H3,12,13,14,16,17,18). The first-order valence-electron chi connectivity index (χ1n) is 5.97. The Hall–Kier alpha value is -2.64. The zero-order valence-corrected chi connectivity index (χ0v) is 10.7. The number of H-pyrrole nitrogens is 1. The second-order valence-electron chi connectivity index (χ2n) is 4.05. The smallest absolute Gasteiger partial charge is 0.226 e. The number of hydrogen-bond acceptors (Lipinski definition) is 6. The first kappa shape index (κ1) is 11.5. The van der Waals surface area contributed by atoms with Crippen LogP contribution in [0.2, 0.25) is 0 Å². The quantitative estimate of drug-likeness (QED) is 0.652. The van der Waals surface area contributed by atoms with Crippen LogP contribution in [0.3, 0.4) is 0 Å². The third kappa shape index (κ3) is 2.19. The predicted molar refractivity (Wildman–Crippen MR) is 72.3 cm³/mol. The van der Waals surface area contributed by atoms with Crippen LogP contribution in [0.1, 0.15) is 6.92 Å². The van der Waals surface area contributed by atoms with Crippen LogP contribution < -0.4 is 10.6 Å². The van der Waals surface area contributed by atoms with Gasteiger partial charge in [0.05, 0.1) is 18.2 Å². The fourth-order valence-corrected chi connectivity index (χ4v) is 1.78. The van der Waals surface area contributed by atoms with Crippen molar-refractivity contribution in [3.8, 4) is 0 Å². The number of hydrogen-bond donors (Lipinski definition) is 3. The molecule has 3 rings (SSSR count). The first-order valence-corrected chi connectivity index (χ1v) is 5.97. The number of nitrogens with one attached hydrogen (secondary N) is 3. The van der Waals surface area contributed by atoms with Crippen LogP contribution in [-0.2, 0) is 7.05 Å². The molecule has 0 radical (unpaired) electrons. The van der Waals surface area contributed by atoms with Gasteiger partial charge in [0.1, 0.15) is 5.52 Å². The van der Waals surface area contributed by atoms with Crippen molar-refractivity contribution in [2.45, 2.75) is 6.92 Å². The van der Waals surface area contributed by atoms with Crippen LogP contribution in [0.25, 0.3) is 11.2 Å². The lowest BCUT2D eigenvalue weighted by atomic mass is 10.4. The summed E-state index contributed by atoms with van der Waals surface area (Å²) in [7, 11) is 1.86. The normalized spacial score (nSPS) is 10.8. The van der Waals surface area contributed by atoms with Crippen molar-refractivity contribution in [3.05, 3.63) is 18.7 Å². The lowest BCUT2D eigenvalue weighted by molar-refractivity contribution is 0.768. The molecule has 8 heteroatoms. The van der Waals surface area contributed by atoms with E-state index in [9.17, 15) is 0 Å². The molecule has 19 heavy (non-hydrogen) atoms. The Morgan fingerprint density at radius 1 is 1.37 bits per heavy atom. The van der Waals surface area contributed by atoms with E-state index in [2.05, 4.69) is 35.7 Å². The summed E-state index contributed by atoms with van der Waals surface area (Å²) in [4.78, 5) is 15.9. The summed E-state index contributed by atoms with van der Waals surface area (Å²) in [6, 6.07) is 0. The topological polar surface area (TPSA) is 96.3 Å². The number of aromatic nitrogens is 6. The van der Waals surface area contributed by atoms with Crippen molar-refractivity contribution in [1.82, 2.24) is 29.7 Å². The van der Waals surface area contributed by atoms with Crippen molar-refractivity contribution < 1.29 is 0 Å². The lowest BCUT2D eigenvalue weighted by Gasteiger charge is -2.06. The maximum atomic E-state index is 4.43. The molecule has 0 saturated carbocycles. The molecule has 0 aliphatic heterocycles. The van der Waals surface area contributed by atoms with Gasteiger partial charge in [-0.1, -0.05) is 0 Å². The van der Waals surface area contributed by atoms with Gasteiger partial charge in [-0.3, -0.25) is 4.68 Å². The maximum Gasteiger partial charge on any atom is 0.226 e. The molecular weight excluding hydrogens is 244 g/mol. The Labute approximate surface area is 109 Å². The van der Waals surface area contributed by atoms with Crippen molar-refractivity contribution in [3.63, 3.8) is 0 Å². The summed E-state index contributed by atoms with van der Waals surface area (Å²) in [6.07, 6.45) is 5.21. The van der Waals surface area contributed by atoms with Gasteiger partial charge in [0.25, 0.3) is 0 Å². The van der Waals surface area contributed by atoms with Gasteiger partial charge < -0.3 is 15.6 Å². The Morgan fingerprint density at radius 3 is 3.00 bits per heavy atom. The molecule has 3 N–H and O–H groups in total.